The molecule has 0 bridgehead atoms. The van der Waals surface area contributed by atoms with Crippen molar-refractivity contribution < 1.29 is 37.6 Å². The summed E-state index contributed by atoms with van der Waals surface area (Å²) < 4.78 is 35.6. The lowest BCUT2D eigenvalue weighted by Gasteiger charge is -2.28. The first kappa shape index (κ1) is 33.5. The highest BCUT2D eigenvalue weighted by molar-refractivity contribution is 8.06. The van der Waals surface area contributed by atoms with E-state index in [4.69, 9.17) is 18.3 Å². The molecular weight excluding hydrogens is 572 g/mol. The summed E-state index contributed by atoms with van der Waals surface area (Å²) >= 11 is 4.57. The fourth-order valence-corrected chi connectivity index (χ4v) is 8.82. The smallest absolute Gasteiger partial charge is 0.369 e. The summed E-state index contributed by atoms with van der Waals surface area (Å²) in [6, 6.07) is 0.446. The third kappa shape index (κ3) is 11.9. The van der Waals surface area contributed by atoms with Gasteiger partial charge in [0.25, 0.3) is 0 Å². The normalized spacial score (nSPS) is 33.6. The Morgan fingerprint density at radius 2 is 1.38 bits per heavy atom. The molecule has 12 heteroatoms. The second kappa shape index (κ2) is 16.6. The molecule has 3 aliphatic carbocycles. The molecule has 6 atom stereocenters. The first-order valence-electron chi connectivity index (χ1n) is 15.9. The van der Waals surface area contributed by atoms with Crippen LogP contribution in [-0.2, 0) is 34.7 Å². The minimum Gasteiger partial charge on any atom is -0.369 e. The van der Waals surface area contributed by atoms with Crippen LogP contribution in [0.25, 0.3) is 0 Å². The highest BCUT2D eigenvalue weighted by Crippen LogP contribution is 2.50. The Morgan fingerprint density at radius 1 is 0.750 bits per heavy atom. The van der Waals surface area contributed by atoms with Crippen molar-refractivity contribution in [1.82, 2.24) is 5.32 Å². The summed E-state index contributed by atoms with van der Waals surface area (Å²) in [6.07, 6.45) is 19.2. The van der Waals surface area contributed by atoms with Crippen LogP contribution in [0.3, 0.4) is 0 Å². The van der Waals surface area contributed by atoms with Crippen molar-refractivity contribution in [2.75, 3.05) is 19.8 Å². The van der Waals surface area contributed by atoms with Gasteiger partial charge in [-0.05, 0) is 81.1 Å². The maximum absolute atomic E-state index is 13.1. The zero-order chi connectivity index (χ0) is 28.4. The lowest BCUT2D eigenvalue weighted by Crippen LogP contribution is -2.32. The molecule has 234 valence electrons. The van der Waals surface area contributed by atoms with Crippen LogP contribution in [0.4, 0.5) is 0 Å². The van der Waals surface area contributed by atoms with Crippen molar-refractivity contribution in [3.05, 3.63) is 0 Å². The first-order valence-corrected chi connectivity index (χ1v) is 20.0. The number of phosphoric ester groups is 1. The predicted molar refractivity (Wildman–Crippen MR) is 159 cm³/mol. The number of nitrogens with one attached hydrogen (secondary N) is 1. The fraction of sp³-hybridized carbons (Fsp3) is 1.00. The topological polar surface area (TPSA) is 127 Å². The third-order valence-corrected chi connectivity index (χ3v) is 11.3. The second-order valence-electron chi connectivity index (χ2n) is 12.8. The van der Waals surface area contributed by atoms with Crippen molar-refractivity contribution >= 4 is 26.3 Å². The van der Waals surface area contributed by atoms with Crippen molar-refractivity contribution in [2.24, 2.45) is 17.8 Å². The van der Waals surface area contributed by atoms with Crippen molar-refractivity contribution in [3.63, 3.8) is 0 Å². The van der Waals surface area contributed by atoms with E-state index in [9.17, 15) is 19.2 Å². The number of rotatable bonds is 12. The number of phosphoric acid groups is 1. The van der Waals surface area contributed by atoms with E-state index in [1.165, 1.54) is 64.2 Å². The Balaban J connectivity index is 1.23. The zero-order valence-corrected chi connectivity index (χ0v) is 26.7. The van der Waals surface area contributed by atoms with Crippen molar-refractivity contribution in [1.29, 1.82) is 0 Å². The molecule has 4 rings (SSSR count). The molecule has 40 heavy (non-hydrogen) atoms. The van der Waals surface area contributed by atoms with Crippen LogP contribution < -0.4 is 5.32 Å². The molecule has 0 aromatic carbocycles. The van der Waals surface area contributed by atoms with E-state index in [2.05, 4.69) is 17.1 Å². The molecule has 9 nitrogen and oxygen atoms in total. The molecule has 4 fully saturated rings. The molecule has 0 amide bonds. The Labute approximate surface area is 246 Å². The highest BCUT2D eigenvalue weighted by Gasteiger charge is 2.45. The van der Waals surface area contributed by atoms with E-state index in [0.29, 0.717) is 12.5 Å². The molecule has 4 N–H and O–H groups in total. The van der Waals surface area contributed by atoms with Gasteiger partial charge >= 0.3 is 14.5 Å². The maximum atomic E-state index is 13.1. The van der Waals surface area contributed by atoms with Crippen molar-refractivity contribution in [2.45, 2.75) is 140 Å². The van der Waals surface area contributed by atoms with E-state index in [1.54, 1.807) is 0 Å². The molecule has 0 spiro atoms. The van der Waals surface area contributed by atoms with E-state index in [-0.39, 0.29) is 31.2 Å². The van der Waals surface area contributed by atoms with E-state index in [1.807, 2.05) is 0 Å². The van der Waals surface area contributed by atoms with Gasteiger partial charge in [-0.25, -0.2) is 4.57 Å². The number of ether oxygens (including phenoxy) is 1. The third-order valence-electron chi connectivity index (χ3n) is 9.46. The van der Waals surface area contributed by atoms with Gasteiger partial charge in [0.05, 0.1) is 31.5 Å². The van der Waals surface area contributed by atoms with Crippen molar-refractivity contribution in [3.8, 4) is 0 Å². The standard InChI is InChI=1S/C28H53NO8P2S/c30-38(31,34-20-23-15-16-25(17-23)29-19-22-11-7-3-1-2-4-8-12-22)37-27-18-26(21-35-39(32,33)40)36-28(27)24-13-9-5-6-10-14-24/h22-29H,1-21H2,(H,30,31)(H2,32,33,40)/t23-,25+,26+,27-,28+/m1/s1. The van der Waals surface area contributed by atoms with Gasteiger partial charge in [0.15, 0.2) is 0 Å². The number of hydrogen-bond donors (Lipinski definition) is 4. The number of hydrogen-bond acceptors (Lipinski definition) is 7. The summed E-state index contributed by atoms with van der Waals surface area (Å²) in [6.45, 7) is -2.60. The largest absolute Gasteiger partial charge is 0.472 e. The minimum absolute atomic E-state index is 0.0821. The minimum atomic E-state index is -4.30. The monoisotopic (exact) mass is 625 g/mol. The molecule has 1 saturated heterocycles. The fourth-order valence-electron chi connectivity index (χ4n) is 7.27. The average Bonchev–Trinajstić information content (AvgIpc) is 3.46. The molecule has 0 aromatic rings. The van der Waals surface area contributed by atoms with Gasteiger partial charge in [-0.3, -0.25) is 9.05 Å². The van der Waals surface area contributed by atoms with E-state index in [0.717, 1.165) is 57.4 Å². The van der Waals surface area contributed by atoms with Gasteiger partial charge in [-0.2, -0.15) is 0 Å². The Bertz CT molecular complexity index is 829. The van der Waals surface area contributed by atoms with E-state index < -0.39 is 26.7 Å². The molecule has 0 aromatic heterocycles. The maximum Gasteiger partial charge on any atom is 0.472 e. The molecule has 3 saturated carbocycles. The first-order chi connectivity index (χ1) is 19.2. The van der Waals surface area contributed by atoms with Crippen LogP contribution in [0.15, 0.2) is 0 Å². The van der Waals surface area contributed by atoms with Crippen LogP contribution in [0.2, 0.25) is 0 Å². The van der Waals surface area contributed by atoms with Gasteiger partial charge in [0.1, 0.15) is 0 Å². The predicted octanol–water partition coefficient (Wildman–Crippen LogP) is 6.35. The van der Waals surface area contributed by atoms with Gasteiger partial charge in [-0.15, -0.1) is 0 Å². The summed E-state index contributed by atoms with van der Waals surface area (Å²) in [5, 5.41) is 3.79. The van der Waals surface area contributed by atoms with Gasteiger partial charge < -0.3 is 29.3 Å². The second-order valence-corrected chi connectivity index (χ2v) is 16.8. The molecule has 1 heterocycles. The molecule has 0 radical (unpaired) electrons. The van der Waals surface area contributed by atoms with Crippen LogP contribution in [0, 0.1) is 17.8 Å². The van der Waals surface area contributed by atoms with Gasteiger partial charge in [0, 0.05) is 12.5 Å². The highest BCUT2D eigenvalue weighted by atomic mass is 32.5. The van der Waals surface area contributed by atoms with Crippen LogP contribution >= 0.6 is 14.5 Å². The Morgan fingerprint density at radius 3 is 2.02 bits per heavy atom. The quantitative estimate of drug-likeness (QED) is 0.144. The zero-order valence-electron chi connectivity index (χ0n) is 24.1. The summed E-state index contributed by atoms with van der Waals surface area (Å²) in [5.74, 6) is 1.22. The molecule has 1 unspecified atom stereocenters. The van der Waals surface area contributed by atoms with Crippen LogP contribution in [-0.4, -0.2) is 58.8 Å². The molecular formula is C28H53NO8P2S. The Kier molecular flexibility index (Phi) is 13.9. The average molecular weight is 626 g/mol. The Hall–Kier alpha value is 0.560. The summed E-state index contributed by atoms with van der Waals surface area (Å²) in [5.41, 5.74) is 0. The summed E-state index contributed by atoms with van der Waals surface area (Å²) in [4.78, 5) is 29.6. The van der Waals surface area contributed by atoms with Crippen LogP contribution in [0.5, 0.6) is 0 Å². The van der Waals surface area contributed by atoms with Crippen LogP contribution in [0.1, 0.15) is 116 Å². The molecule has 1 aliphatic heterocycles. The SMILES string of the molecule is O=P(O)(OC[C@@H]1CC[C@H](NCC2CCCCCCCC2)C1)O[C@@H]1C[C@@H](COP(O)(O)=S)O[C@H]1C1CCCCCC1. The van der Waals surface area contributed by atoms with E-state index >= 15 is 0 Å². The lowest BCUT2D eigenvalue weighted by atomic mass is 9.91. The van der Waals surface area contributed by atoms with Gasteiger partial charge in [-0.1, -0.05) is 64.2 Å². The molecule has 4 aliphatic rings. The lowest BCUT2D eigenvalue weighted by molar-refractivity contribution is -0.0422. The van der Waals surface area contributed by atoms with Gasteiger partial charge in [0.2, 0.25) is 0 Å². The summed E-state index contributed by atoms with van der Waals surface area (Å²) in [7, 11) is -4.30.